The number of carbonyl (C=O) groups is 1. The molecule has 2 aromatic carbocycles. The number of benzene rings is 2. The molecule has 4 nitrogen and oxygen atoms in total. The molecular weight excluding hydrogens is 300 g/mol. The van der Waals surface area contributed by atoms with Crippen molar-refractivity contribution in [3.63, 3.8) is 0 Å². The highest BCUT2D eigenvalue weighted by Crippen LogP contribution is 2.13. The van der Waals surface area contributed by atoms with Crippen LogP contribution in [0.4, 0.5) is 5.69 Å². The first-order valence-electron chi connectivity index (χ1n) is 7.06. The van der Waals surface area contributed by atoms with Crippen molar-refractivity contribution in [3.8, 4) is 5.75 Å². The lowest BCUT2D eigenvalue weighted by molar-refractivity contribution is -0.119. The van der Waals surface area contributed by atoms with E-state index in [1.807, 2.05) is 36.4 Å². The third-order valence-electron chi connectivity index (χ3n) is 3.17. The van der Waals surface area contributed by atoms with Crippen molar-refractivity contribution in [2.45, 2.75) is 6.42 Å². The smallest absolute Gasteiger partial charge is 0.239 e. The van der Waals surface area contributed by atoms with E-state index in [9.17, 15) is 4.79 Å². The van der Waals surface area contributed by atoms with E-state index in [2.05, 4.69) is 10.6 Å². The number of hydrogen-bond acceptors (Lipinski definition) is 3. The summed E-state index contributed by atoms with van der Waals surface area (Å²) in [6, 6.07) is 15.1. The fraction of sp³-hybridized carbons (Fsp3) is 0.235. The molecular formula is C17H19ClN2O2. The first-order chi connectivity index (χ1) is 10.7. The summed E-state index contributed by atoms with van der Waals surface area (Å²) in [6.07, 6.45) is 0.768. The maximum Gasteiger partial charge on any atom is 0.239 e. The van der Waals surface area contributed by atoms with Gasteiger partial charge in [0.05, 0.1) is 13.7 Å². The molecule has 0 saturated carbocycles. The molecule has 2 rings (SSSR count). The van der Waals surface area contributed by atoms with Crippen molar-refractivity contribution >= 4 is 23.2 Å². The van der Waals surface area contributed by atoms with Crippen molar-refractivity contribution in [2.24, 2.45) is 0 Å². The summed E-state index contributed by atoms with van der Waals surface area (Å²) in [5.74, 6) is 0.783. The van der Waals surface area contributed by atoms with Crippen LogP contribution < -0.4 is 15.4 Å². The fourth-order valence-electron chi connectivity index (χ4n) is 1.99. The molecule has 0 bridgehead atoms. The first kappa shape index (κ1) is 16.2. The van der Waals surface area contributed by atoms with Gasteiger partial charge in [0.15, 0.2) is 0 Å². The molecule has 2 N–H and O–H groups in total. The number of carbonyl (C=O) groups excluding carboxylic acids is 1. The van der Waals surface area contributed by atoms with Gasteiger partial charge in [-0.3, -0.25) is 4.79 Å². The molecule has 0 spiro atoms. The number of ether oxygens (including phenoxy) is 1. The van der Waals surface area contributed by atoms with Gasteiger partial charge in [0.1, 0.15) is 5.75 Å². The predicted molar refractivity (Wildman–Crippen MR) is 89.6 cm³/mol. The molecule has 22 heavy (non-hydrogen) atoms. The number of halogens is 1. The van der Waals surface area contributed by atoms with E-state index in [4.69, 9.17) is 16.3 Å². The molecule has 0 atom stereocenters. The number of rotatable bonds is 7. The second kappa shape index (κ2) is 8.29. The van der Waals surface area contributed by atoms with E-state index in [0.717, 1.165) is 23.4 Å². The Morgan fingerprint density at radius 1 is 1.18 bits per heavy atom. The fourth-order valence-corrected chi connectivity index (χ4v) is 2.11. The van der Waals surface area contributed by atoms with Crippen LogP contribution in [0.1, 0.15) is 5.56 Å². The lowest BCUT2D eigenvalue weighted by Gasteiger charge is -2.08. The Balaban J connectivity index is 1.70. The van der Waals surface area contributed by atoms with Crippen LogP contribution in [0.25, 0.3) is 0 Å². The topological polar surface area (TPSA) is 50.4 Å². The van der Waals surface area contributed by atoms with Crippen LogP contribution in [-0.2, 0) is 11.2 Å². The lowest BCUT2D eigenvalue weighted by Crippen LogP contribution is -2.31. The third-order valence-corrected chi connectivity index (χ3v) is 3.42. The molecule has 0 unspecified atom stereocenters. The van der Waals surface area contributed by atoms with Crippen molar-refractivity contribution in [1.82, 2.24) is 5.32 Å². The predicted octanol–water partition coefficient (Wildman–Crippen LogP) is 3.12. The second-order valence-electron chi connectivity index (χ2n) is 4.81. The van der Waals surface area contributed by atoms with Gasteiger partial charge >= 0.3 is 0 Å². The van der Waals surface area contributed by atoms with Gasteiger partial charge in [0, 0.05) is 17.3 Å². The summed E-state index contributed by atoms with van der Waals surface area (Å²) in [5, 5.41) is 6.60. The normalized spacial score (nSPS) is 10.1. The zero-order valence-corrected chi connectivity index (χ0v) is 13.2. The Hall–Kier alpha value is -2.20. The average molecular weight is 319 g/mol. The number of hydrogen-bond donors (Lipinski definition) is 2. The molecule has 1 amide bonds. The van der Waals surface area contributed by atoms with Crippen molar-refractivity contribution in [1.29, 1.82) is 0 Å². The molecule has 0 saturated heterocycles. The van der Waals surface area contributed by atoms with Crippen LogP contribution in [-0.4, -0.2) is 26.1 Å². The van der Waals surface area contributed by atoms with E-state index < -0.39 is 0 Å². The van der Waals surface area contributed by atoms with Gasteiger partial charge in [-0.05, 0) is 48.4 Å². The third kappa shape index (κ3) is 5.30. The quantitative estimate of drug-likeness (QED) is 0.824. The first-order valence-corrected chi connectivity index (χ1v) is 7.44. The van der Waals surface area contributed by atoms with Crippen LogP contribution in [0.2, 0.25) is 5.02 Å². The highest BCUT2D eigenvalue weighted by molar-refractivity contribution is 6.30. The summed E-state index contributed by atoms with van der Waals surface area (Å²) in [5.41, 5.74) is 2.00. The second-order valence-corrected chi connectivity index (χ2v) is 5.25. The Kier molecular flexibility index (Phi) is 6.10. The van der Waals surface area contributed by atoms with Crippen LogP contribution in [0, 0.1) is 0 Å². The van der Waals surface area contributed by atoms with Gasteiger partial charge in [0.2, 0.25) is 5.91 Å². The van der Waals surface area contributed by atoms with Gasteiger partial charge in [0.25, 0.3) is 0 Å². The van der Waals surface area contributed by atoms with Crippen molar-refractivity contribution in [3.05, 3.63) is 59.1 Å². The Labute approximate surface area is 135 Å². The zero-order chi connectivity index (χ0) is 15.8. The maximum atomic E-state index is 11.8. The van der Waals surface area contributed by atoms with E-state index in [0.29, 0.717) is 11.6 Å². The summed E-state index contributed by atoms with van der Waals surface area (Å²) in [7, 11) is 1.64. The molecule has 0 heterocycles. The number of anilines is 1. The van der Waals surface area contributed by atoms with Gasteiger partial charge in [-0.25, -0.2) is 0 Å². The van der Waals surface area contributed by atoms with Crippen molar-refractivity contribution in [2.75, 3.05) is 25.5 Å². The lowest BCUT2D eigenvalue weighted by atomic mass is 10.1. The van der Waals surface area contributed by atoms with Crippen LogP contribution in [0.3, 0.4) is 0 Å². The Morgan fingerprint density at radius 3 is 2.68 bits per heavy atom. The molecule has 0 aliphatic carbocycles. The van der Waals surface area contributed by atoms with Crippen LogP contribution in [0.15, 0.2) is 48.5 Å². The van der Waals surface area contributed by atoms with Crippen LogP contribution in [0.5, 0.6) is 5.75 Å². The summed E-state index contributed by atoms with van der Waals surface area (Å²) >= 11 is 5.81. The number of methoxy groups -OCH3 is 1. The minimum absolute atomic E-state index is 0.0437. The molecule has 0 radical (unpaired) electrons. The summed E-state index contributed by atoms with van der Waals surface area (Å²) in [4.78, 5) is 11.8. The average Bonchev–Trinajstić information content (AvgIpc) is 2.54. The van der Waals surface area contributed by atoms with E-state index in [-0.39, 0.29) is 12.5 Å². The highest BCUT2D eigenvalue weighted by Gasteiger charge is 2.02. The van der Waals surface area contributed by atoms with E-state index >= 15 is 0 Å². The standard InChI is InChI=1S/C17H19ClN2O2/c1-22-16-4-2-3-13(11-16)9-10-19-17(21)12-20-15-7-5-14(18)6-8-15/h2-8,11,20H,9-10,12H2,1H3,(H,19,21). The monoisotopic (exact) mass is 318 g/mol. The van der Waals surface area contributed by atoms with Gasteiger partial charge in [-0.1, -0.05) is 23.7 Å². The minimum atomic E-state index is -0.0437. The maximum absolute atomic E-state index is 11.8. The molecule has 0 aromatic heterocycles. The Morgan fingerprint density at radius 2 is 1.95 bits per heavy atom. The number of nitrogens with one attached hydrogen (secondary N) is 2. The molecule has 0 aliphatic heterocycles. The molecule has 116 valence electrons. The zero-order valence-electron chi connectivity index (χ0n) is 12.4. The molecule has 2 aromatic rings. The Bertz CT molecular complexity index is 614. The largest absolute Gasteiger partial charge is 0.497 e. The summed E-state index contributed by atoms with van der Waals surface area (Å²) in [6.45, 7) is 0.827. The molecule has 5 heteroatoms. The van der Waals surface area contributed by atoms with E-state index in [1.54, 1.807) is 19.2 Å². The minimum Gasteiger partial charge on any atom is -0.497 e. The van der Waals surface area contributed by atoms with Crippen molar-refractivity contribution < 1.29 is 9.53 Å². The highest BCUT2D eigenvalue weighted by atomic mass is 35.5. The van der Waals surface area contributed by atoms with Gasteiger partial charge in [-0.15, -0.1) is 0 Å². The van der Waals surface area contributed by atoms with Gasteiger partial charge in [-0.2, -0.15) is 0 Å². The van der Waals surface area contributed by atoms with Gasteiger partial charge < -0.3 is 15.4 Å². The SMILES string of the molecule is COc1cccc(CCNC(=O)CNc2ccc(Cl)cc2)c1. The summed E-state index contributed by atoms with van der Waals surface area (Å²) < 4.78 is 5.17. The van der Waals surface area contributed by atoms with Crippen LogP contribution >= 0.6 is 11.6 Å². The molecule has 0 aliphatic rings. The molecule has 0 fully saturated rings. The van der Waals surface area contributed by atoms with E-state index in [1.165, 1.54) is 0 Å². The number of amides is 1.